The van der Waals surface area contributed by atoms with Crippen molar-refractivity contribution in [2.24, 2.45) is 5.10 Å². The second-order valence-electron chi connectivity index (χ2n) is 5.51. The Balaban J connectivity index is 1.58. The minimum atomic E-state index is -0.154. The van der Waals surface area contributed by atoms with Crippen LogP contribution >= 0.6 is 11.6 Å². The number of nitrogens with zero attached hydrogens (tertiary/aromatic N) is 1. The predicted molar refractivity (Wildman–Crippen MR) is 105 cm³/mol. The van der Waals surface area contributed by atoms with Crippen molar-refractivity contribution in [3.8, 4) is 0 Å². The summed E-state index contributed by atoms with van der Waals surface area (Å²) in [4.78, 5) is 12.1. The van der Waals surface area contributed by atoms with Gasteiger partial charge in [-0.3, -0.25) is 4.79 Å². The molecule has 0 spiro atoms. The number of halogens is 1. The van der Waals surface area contributed by atoms with Crippen LogP contribution in [0.15, 0.2) is 77.9 Å². The molecule has 3 rings (SSSR count). The van der Waals surface area contributed by atoms with Gasteiger partial charge in [0.1, 0.15) is 0 Å². The van der Waals surface area contributed by atoms with Crippen LogP contribution in [0.2, 0.25) is 5.02 Å². The molecule has 3 aromatic carbocycles. The van der Waals surface area contributed by atoms with Gasteiger partial charge in [0.15, 0.2) is 0 Å². The number of carbonyl (C=O) groups excluding carboxylic acids is 1. The summed E-state index contributed by atoms with van der Waals surface area (Å²) in [5.41, 5.74) is 4.43. The molecule has 0 heterocycles. The Morgan fingerprint density at radius 3 is 2.64 bits per heavy atom. The van der Waals surface area contributed by atoms with Gasteiger partial charge in [0.25, 0.3) is 0 Å². The van der Waals surface area contributed by atoms with Crippen LogP contribution < -0.4 is 5.43 Å². The standard InChI is InChI=1S/C21H17ClN2O/c22-20-13-4-2-8-17(20)11-6-14-23-24-21(25)15-18-10-5-9-16-7-1-3-12-19(16)18/h1-14H,15H2,(H,24,25)/b11-6+,23-14-. The molecule has 0 saturated carbocycles. The maximum Gasteiger partial charge on any atom is 0.244 e. The van der Waals surface area contributed by atoms with Crippen molar-refractivity contribution in [2.45, 2.75) is 6.42 Å². The summed E-state index contributed by atoms with van der Waals surface area (Å²) in [6.07, 6.45) is 5.39. The molecule has 4 heteroatoms. The van der Waals surface area contributed by atoms with E-state index in [0.29, 0.717) is 5.02 Å². The molecule has 0 aliphatic carbocycles. The van der Waals surface area contributed by atoms with Gasteiger partial charge in [0.2, 0.25) is 5.91 Å². The summed E-state index contributed by atoms with van der Waals surface area (Å²) < 4.78 is 0. The van der Waals surface area contributed by atoms with Crippen LogP contribution in [0.3, 0.4) is 0 Å². The van der Waals surface area contributed by atoms with Crippen molar-refractivity contribution in [1.29, 1.82) is 0 Å². The molecular weight excluding hydrogens is 332 g/mol. The quantitative estimate of drug-likeness (QED) is 0.519. The van der Waals surface area contributed by atoms with Crippen LogP contribution in [-0.2, 0) is 11.2 Å². The molecule has 0 radical (unpaired) electrons. The summed E-state index contributed by atoms with van der Waals surface area (Å²) in [7, 11) is 0. The Hall–Kier alpha value is -2.91. The summed E-state index contributed by atoms with van der Waals surface area (Å²) >= 11 is 6.06. The molecule has 3 aromatic rings. The molecule has 0 aliphatic rings. The Morgan fingerprint density at radius 2 is 1.76 bits per heavy atom. The van der Waals surface area contributed by atoms with E-state index >= 15 is 0 Å². The van der Waals surface area contributed by atoms with Crippen LogP contribution in [0, 0.1) is 0 Å². The molecule has 0 bridgehead atoms. The topological polar surface area (TPSA) is 41.5 Å². The fourth-order valence-electron chi connectivity index (χ4n) is 2.57. The average molecular weight is 349 g/mol. The number of hydrogen-bond acceptors (Lipinski definition) is 2. The zero-order chi connectivity index (χ0) is 17.5. The molecule has 3 nitrogen and oxygen atoms in total. The molecule has 1 N–H and O–H groups in total. The molecular formula is C21H17ClN2O. The minimum Gasteiger partial charge on any atom is -0.273 e. The summed E-state index contributed by atoms with van der Waals surface area (Å²) in [5, 5.41) is 6.82. The third-order valence-corrected chi connectivity index (χ3v) is 4.11. The Bertz CT molecular complexity index is 942. The molecule has 124 valence electrons. The Morgan fingerprint density at radius 1 is 1.00 bits per heavy atom. The van der Waals surface area contributed by atoms with E-state index < -0.39 is 0 Å². The number of hydrogen-bond donors (Lipinski definition) is 1. The highest BCUT2D eigenvalue weighted by Gasteiger charge is 2.05. The first-order chi connectivity index (χ1) is 12.2. The number of nitrogens with one attached hydrogen (secondary N) is 1. The number of benzene rings is 3. The molecule has 0 fully saturated rings. The van der Waals surface area contributed by atoms with E-state index in [9.17, 15) is 4.79 Å². The second kappa shape index (κ2) is 8.27. The normalized spacial score (nSPS) is 11.4. The first kappa shape index (κ1) is 16.9. The SMILES string of the molecule is O=C(Cc1cccc2ccccc12)N/N=C\C=C\c1ccccc1Cl. The van der Waals surface area contributed by atoms with Crippen molar-refractivity contribution in [2.75, 3.05) is 0 Å². The summed E-state index contributed by atoms with van der Waals surface area (Å²) in [5.74, 6) is -0.154. The molecule has 0 aromatic heterocycles. The maximum absolute atomic E-state index is 12.1. The summed E-state index contributed by atoms with van der Waals surface area (Å²) in [6, 6.07) is 21.5. The monoisotopic (exact) mass is 348 g/mol. The fraction of sp³-hybridized carbons (Fsp3) is 0.0476. The van der Waals surface area contributed by atoms with Crippen molar-refractivity contribution in [1.82, 2.24) is 5.43 Å². The first-order valence-electron chi connectivity index (χ1n) is 7.94. The van der Waals surface area contributed by atoms with Gasteiger partial charge in [0.05, 0.1) is 6.42 Å². The highest BCUT2D eigenvalue weighted by atomic mass is 35.5. The van der Waals surface area contributed by atoms with Crippen LogP contribution in [0.5, 0.6) is 0 Å². The lowest BCUT2D eigenvalue weighted by atomic mass is 10.0. The summed E-state index contributed by atoms with van der Waals surface area (Å²) in [6.45, 7) is 0. The highest BCUT2D eigenvalue weighted by Crippen LogP contribution is 2.19. The van der Waals surface area contributed by atoms with Gasteiger partial charge in [-0.15, -0.1) is 0 Å². The lowest BCUT2D eigenvalue weighted by molar-refractivity contribution is -0.120. The highest BCUT2D eigenvalue weighted by molar-refractivity contribution is 6.32. The van der Waals surface area contributed by atoms with Crippen LogP contribution in [0.25, 0.3) is 16.8 Å². The molecule has 0 unspecified atom stereocenters. The third-order valence-electron chi connectivity index (χ3n) is 3.76. The fourth-order valence-corrected chi connectivity index (χ4v) is 2.77. The molecule has 0 aliphatic heterocycles. The molecule has 0 atom stereocenters. The van der Waals surface area contributed by atoms with E-state index in [1.807, 2.05) is 72.8 Å². The first-order valence-corrected chi connectivity index (χ1v) is 8.31. The zero-order valence-electron chi connectivity index (χ0n) is 13.5. The van der Waals surface area contributed by atoms with E-state index in [0.717, 1.165) is 21.9 Å². The largest absolute Gasteiger partial charge is 0.273 e. The van der Waals surface area contributed by atoms with Gasteiger partial charge in [0, 0.05) is 11.2 Å². The van der Waals surface area contributed by atoms with E-state index in [-0.39, 0.29) is 12.3 Å². The lowest BCUT2D eigenvalue weighted by Gasteiger charge is -2.05. The van der Waals surface area contributed by atoms with Crippen LogP contribution in [0.4, 0.5) is 0 Å². The number of rotatable bonds is 5. The minimum absolute atomic E-state index is 0.154. The van der Waals surface area contributed by atoms with E-state index in [1.54, 1.807) is 6.08 Å². The Labute approximate surface area is 151 Å². The van der Waals surface area contributed by atoms with E-state index in [2.05, 4.69) is 10.5 Å². The molecule has 25 heavy (non-hydrogen) atoms. The van der Waals surface area contributed by atoms with Crippen molar-refractivity contribution >= 4 is 40.6 Å². The van der Waals surface area contributed by atoms with Crippen molar-refractivity contribution < 1.29 is 4.79 Å². The van der Waals surface area contributed by atoms with E-state index in [4.69, 9.17) is 11.6 Å². The number of hydrazone groups is 1. The van der Waals surface area contributed by atoms with Crippen LogP contribution in [-0.4, -0.2) is 12.1 Å². The zero-order valence-corrected chi connectivity index (χ0v) is 14.3. The number of allylic oxidation sites excluding steroid dienone is 1. The van der Waals surface area contributed by atoms with Crippen molar-refractivity contribution in [3.05, 3.63) is 89.0 Å². The average Bonchev–Trinajstić information content (AvgIpc) is 2.63. The van der Waals surface area contributed by atoms with Crippen LogP contribution in [0.1, 0.15) is 11.1 Å². The number of fused-ring (bicyclic) bond motifs is 1. The maximum atomic E-state index is 12.1. The molecule has 0 saturated heterocycles. The second-order valence-corrected chi connectivity index (χ2v) is 5.92. The van der Waals surface area contributed by atoms with Gasteiger partial charge < -0.3 is 0 Å². The smallest absolute Gasteiger partial charge is 0.244 e. The van der Waals surface area contributed by atoms with Crippen molar-refractivity contribution in [3.63, 3.8) is 0 Å². The van der Waals surface area contributed by atoms with Gasteiger partial charge in [-0.1, -0.05) is 78.3 Å². The predicted octanol–water partition coefficient (Wildman–Crippen LogP) is 4.85. The molecule has 1 amide bonds. The number of carbonyl (C=O) groups is 1. The van der Waals surface area contributed by atoms with Gasteiger partial charge in [-0.2, -0.15) is 5.10 Å². The van der Waals surface area contributed by atoms with E-state index in [1.165, 1.54) is 6.21 Å². The van der Waals surface area contributed by atoms with Gasteiger partial charge >= 0.3 is 0 Å². The third kappa shape index (κ3) is 4.55. The van der Waals surface area contributed by atoms with Gasteiger partial charge in [-0.05, 0) is 34.0 Å². The number of amides is 1. The Kier molecular flexibility index (Phi) is 5.60. The van der Waals surface area contributed by atoms with Gasteiger partial charge in [-0.25, -0.2) is 5.43 Å². The lowest BCUT2D eigenvalue weighted by Crippen LogP contribution is -2.19.